The van der Waals surface area contributed by atoms with Crippen molar-refractivity contribution in [3.63, 3.8) is 0 Å². The molecule has 4 aromatic rings. The standard InChI is InChI=1S/C21H13Cl2N3O3S/c22-14-5-1-12(2-6-14)17-10-9-16(29-17)11-18(20(27)28)30-21-24-19(25-26-21)13-3-7-15(23)8-4-13/h1-11H,(H,27,28)(H,24,25,26)/b18-11-. The zero-order chi connectivity index (χ0) is 21.1. The number of thioether (sulfide) groups is 1. The Hall–Kier alpha value is -3.00. The molecule has 6 nitrogen and oxygen atoms in total. The Bertz CT molecular complexity index is 1220. The molecule has 0 unspecified atom stereocenters. The van der Waals surface area contributed by atoms with Gasteiger partial charge in [0, 0.05) is 27.2 Å². The normalized spacial score (nSPS) is 11.6. The van der Waals surface area contributed by atoms with Crippen LogP contribution in [0.2, 0.25) is 10.0 Å². The monoisotopic (exact) mass is 457 g/mol. The molecule has 30 heavy (non-hydrogen) atoms. The predicted molar refractivity (Wildman–Crippen MR) is 117 cm³/mol. The molecule has 0 bridgehead atoms. The number of furan rings is 1. The van der Waals surface area contributed by atoms with Gasteiger partial charge < -0.3 is 9.52 Å². The number of aromatic nitrogens is 3. The van der Waals surface area contributed by atoms with Crippen LogP contribution in [0, 0.1) is 0 Å². The molecule has 4 rings (SSSR count). The number of benzene rings is 2. The SMILES string of the molecule is O=C(O)/C(=C/c1ccc(-c2ccc(Cl)cc2)o1)Sc1n[nH]c(-c2ccc(Cl)cc2)n1. The van der Waals surface area contributed by atoms with Gasteiger partial charge in [-0.2, -0.15) is 0 Å². The van der Waals surface area contributed by atoms with Crippen LogP contribution in [-0.4, -0.2) is 26.3 Å². The molecule has 2 heterocycles. The number of carbonyl (C=O) groups is 1. The number of halogens is 2. The molecule has 0 saturated heterocycles. The first-order chi connectivity index (χ1) is 14.5. The lowest BCUT2D eigenvalue weighted by Crippen LogP contribution is -1.97. The topological polar surface area (TPSA) is 92.0 Å². The fourth-order valence-corrected chi connectivity index (χ4v) is 3.53. The number of aliphatic carboxylic acids is 1. The van der Waals surface area contributed by atoms with Gasteiger partial charge in [0.2, 0.25) is 5.16 Å². The van der Waals surface area contributed by atoms with Crippen LogP contribution in [0.4, 0.5) is 0 Å². The summed E-state index contributed by atoms with van der Waals surface area (Å²) in [7, 11) is 0. The Labute approximate surface area is 185 Å². The van der Waals surface area contributed by atoms with Gasteiger partial charge in [0.25, 0.3) is 0 Å². The van der Waals surface area contributed by atoms with E-state index in [1.807, 2.05) is 12.1 Å². The summed E-state index contributed by atoms with van der Waals surface area (Å²) in [5.74, 6) is 0.415. The molecule has 0 aliphatic carbocycles. The molecular weight excluding hydrogens is 445 g/mol. The van der Waals surface area contributed by atoms with E-state index in [2.05, 4.69) is 15.2 Å². The van der Waals surface area contributed by atoms with Crippen molar-refractivity contribution < 1.29 is 14.3 Å². The highest BCUT2D eigenvalue weighted by atomic mass is 35.5. The van der Waals surface area contributed by atoms with E-state index in [-0.39, 0.29) is 10.1 Å². The van der Waals surface area contributed by atoms with E-state index in [0.29, 0.717) is 27.4 Å². The molecule has 0 aliphatic rings. The molecule has 0 atom stereocenters. The van der Waals surface area contributed by atoms with Crippen LogP contribution in [0.1, 0.15) is 5.76 Å². The highest BCUT2D eigenvalue weighted by Crippen LogP contribution is 2.30. The fraction of sp³-hybridized carbons (Fsp3) is 0. The Kier molecular flexibility index (Phi) is 5.94. The third-order valence-corrected chi connectivity index (χ3v) is 5.40. The summed E-state index contributed by atoms with van der Waals surface area (Å²) in [6.45, 7) is 0. The molecule has 0 aliphatic heterocycles. The van der Waals surface area contributed by atoms with Crippen molar-refractivity contribution in [3.05, 3.63) is 81.4 Å². The number of hydrogen-bond acceptors (Lipinski definition) is 5. The summed E-state index contributed by atoms with van der Waals surface area (Å²) in [4.78, 5) is 16.1. The summed E-state index contributed by atoms with van der Waals surface area (Å²) in [6.07, 6.45) is 1.44. The van der Waals surface area contributed by atoms with Crippen LogP contribution in [0.3, 0.4) is 0 Å². The molecule has 2 aromatic heterocycles. The second-order valence-corrected chi connectivity index (χ2v) is 7.98. The average Bonchev–Trinajstić information content (AvgIpc) is 3.38. The average molecular weight is 458 g/mol. The first kappa shape index (κ1) is 20.3. The molecule has 2 N–H and O–H groups in total. The Balaban J connectivity index is 1.55. The lowest BCUT2D eigenvalue weighted by Gasteiger charge is -1.99. The summed E-state index contributed by atoms with van der Waals surface area (Å²) in [6, 6.07) is 17.7. The number of hydrogen-bond donors (Lipinski definition) is 2. The number of nitrogens with one attached hydrogen (secondary N) is 1. The van der Waals surface area contributed by atoms with Crippen LogP contribution in [0.5, 0.6) is 0 Å². The maximum absolute atomic E-state index is 11.7. The highest BCUT2D eigenvalue weighted by molar-refractivity contribution is 8.04. The highest BCUT2D eigenvalue weighted by Gasteiger charge is 2.15. The molecule has 9 heteroatoms. The third kappa shape index (κ3) is 4.76. The van der Waals surface area contributed by atoms with Gasteiger partial charge in [-0.05, 0) is 72.4 Å². The minimum absolute atomic E-state index is 0.0219. The van der Waals surface area contributed by atoms with Crippen molar-refractivity contribution in [2.24, 2.45) is 0 Å². The second-order valence-electron chi connectivity index (χ2n) is 6.10. The van der Waals surface area contributed by atoms with E-state index >= 15 is 0 Å². The zero-order valence-corrected chi connectivity index (χ0v) is 17.5. The number of H-pyrrole nitrogens is 1. The van der Waals surface area contributed by atoms with Crippen LogP contribution < -0.4 is 0 Å². The largest absolute Gasteiger partial charge is 0.477 e. The van der Waals surface area contributed by atoms with Crippen molar-refractivity contribution in [1.29, 1.82) is 0 Å². The number of rotatable bonds is 6. The smallest absolute Gasteiger partial charge is 0.342 e. The van der Waals surface area contributed by atoms with Gasteiger partial charge in [-0.25, -0.2) is 9.78 Å². The van der Waals surface area contributed by atoms with Crippen LogP contribution in [0.15, 0.2) is 75.1 Å². The minimum Gasteiger partial charge on any atom is -0.477 e. The van der Waals surface area contributed by atoms with Crippen molar-refractivity contribution in [2.45, 2.75) is 5.16 Å². The lowest BCUT2D eigenvalue weighted by molar-refractivity contribution is -0.131. The fourth-order valence-electron chi connectivity index (χ4n) is 2.59. The molecule has 150 valence electrons. The summed E-state index contributed by atoms with van der Waals surface area (Å²) in [5.41, 5.74) is 1.63. The van der Waals surface area contributed by atoms with Gasteiger partial charge in [-0.1, -0.05) is 23.2 Å². The maximum Gasteiger partial charge on any atom is 0.342 e. The van der Waals surface area contributed by atoms with E-state index in [1.54, 1.807) is 48.5 Å². The van der Waals surface area contributed by atoms with Gasteiger partial charge in [0.05, 0.1) is 0 Å². The van der Waals surface area contributed by atoms with Gasteiger partial charge >= 0.3 is 5.97 Å². The first-order valence-electron chi connectivity index (χ1n) is 8.65. The summed E-state index contributed by atoms with van der Waals surface area (Å²) >= 11 is 12.7. The zero-order valence-electron chi connectivity index (χ0n) is 15.2. The van der Waals surface area contributed by atoms with Crippen molar-refractivity contribution in [1.82, 2.24) is 15.2 Å². The molecule has 0 fully saturated rings. The van der Waals surface area contributed by atoms with E-state index in [0.717, 1.165) is 22.9 Å². The second kappa shape index (κ2) is 8.79. The Morgan fingerprint density at radius 3 is 2.23 bits per heavy atom. The van der Waals surface area contributed by atoms with E-state index in [9.17, 15) is 9.90 Å². The molecule has 0 radical (unpaired) electrons. The van der Waals surface area contributed by atoms with Crippen molar-refractivity contribution in [3.8, 4) is 22.7 Å². The van der Waals surface area contributed by atoms with Crippen LogP contribution in [-0.2, 0) is 4.79 Å². The Morgan fingerprint density at radius 2 is 1.60 bits per heavy atom. The van der Waals surface area contributed by atoms with Gasteiger partial charge in [0.1, 0.15) is 16.4 Å². The van der Waals surface area contributed by atoms with Crippen molar-refractivity contribution in [2.75, 3.05) is 0 Å². The third-order valence-electron chi connectivity index (χ3n) is 4.02. The minimum atomic E-state index is -1.11. The van der Waals surface area contributed by atoms with Gasteiger partial charge in [-0.15, -0.1) is 5.10 Å². The molecular formula is C21H13Cl2N3O3S. The van der Waals surface area contributed by atoms with E-state index in [1.165, 1.54) is 6.08 Å². The maximum atomic E-state index is 11.7. The van der Waals surface area contributed by atoms with Crippen molar-refractivity contribution >= 4 is 47.0 Å². The number of carboxylic acids is 1. The first-order valence-corrected chi connectivity index (χ1v) is 10.2. The van der Waals surface area contributed by atoms with Crippen LogP contribution >= 0.6 is 35.0 Å². The molecule has 0 spiro atoms. The van der Waals surface area contributed by atoms with E-state index in [4.69, 9.17) is 27.6 Å². The van der Waals surface area contributed by atoms with E-state index < -0.39 is 5.97 Å². The van der Waals surface area contributed by atoms with Gasteiger partial charge in [-0.3, -0.25) is 5.10 Å². The molecule has 2 aromatic carbocycles. The van der Waals surface area contributed by atoms with Gasteiger partial charge in [0.15, 0.2) is 5.82 Å². The molecule has 0 saturated carbocycles. The van der Waals surface area contributed by atoms with Crippen LogP contribution in [0.25, 0.3) is 28.8 Å². The quantitative estimate of drug-likeness (QED) is 0.262. The summed E-state index contributed by atoms with van der Waals surface area (Å²) < 4.78 is 5.76. The number of carboxylic acid groups (broad SMARTS) is 1. The summed E-state index contributed by atoms with van der Waals surface area (Å²) in [5, 5.41) is 18.0. The number of aromatic amines is 1. The predicted octanol–water partition coefficient (Wildman–Crippen LogP) is 6.26. The molecule has 0 amide bonds. The number of nitrogens with zero attached hydrogens (tertiary/aromatic N) is 2. The Morgan fingerprint density at radius 1 is 0.967 bits per heavy atom. The lowest BCUT2D eigenvalue weighted by atomic mass is 10.2.